The Bertz CT molecular complexity index is 611. The maximum absolute atomic E-state index is 12.0. The van der Waals surface area contributed by atoms with E-state index in [0.717, 1.165) is 15.6 Å². The van der Waals surface area contributed by atoms with E-state index in [1.165, 1.54) is 0 Å². The third kappa shape index (κ3) is 3.35. The van der Waals surface area contributed by atoms with Crippen LogP contribution in [0.15, 0.2) is 46.9 Å². The Hall–Kier alpha value is -1.81. The van der Waals surface area contributed by atoms with Gasteiger partial charge in [-0.15, -0.1) is 0 Å². The number of rotatable bonds is 3. The summed E-state index contributed by atoms with van der Waals surface area (Å²) in [5.74, 6) is -0.361. The van der Waals surface area contributed by atoms with E-state index in [9.17, 15) is 4.79 Å². The molecule has 0 unspecified atom stereocenters. The third-order valence-corrected chi connectivity index (χ3v) is 3.57. The summed E-state index contributed by atoms with van der Waals surface area (Å²) in [5, 5.41) is 0. The molecule has 2 aromatic rings. The molecule has 2 aromatic carbocycles. The summed E-state index contributed by atoms with van der Waals surface area (Å²) in [5.41, 5.74) is 8.52. The quantitative estimate of drug-likeness (QED) is 0.693. The van der Waals surface area contributed by atoms with Crippen LogP contribution in [-0.4, -0.2) is 5.97 Å². The molecule has 19 heavy (non-hydrogen) atoms. The van der Waals surface area contributed by atoms with Gasteiger partial charge in [-0.3, -0.25) is 0 Å². The van der Waals surface area contributed by atoms with E-state index in [2.05, 4.69) is 15.9 Å². The Balaban J connectivity index is 2.10. The van der Waals surface area contributed by atoms with Crippen LogP contribution in [0.4, 0.5) is 5.69 Å². The number of halogens is 1. The van der Waals surface area contributed by atoms with Crippen molar-refractivity contribution in [2.45, 2.75) is 13.5 Å². The minimum Gasteiger partial charge on any atom is -0.457 e. The number of ether oxygens (including phenoxy) is 1. The SMILES string of the molecule is Cc1ccc(N)cc1C(=O)OCc1ccccc1Br. The van der Waals surface area contributed by atoms with E-state index < -0.39 is 0 Å². The first-order valence-corrected chi connectivity index (χ1v) is 6.64. The lowest BCUT2D eigenvalue weighted by Gasteiger charge is -2.09. The van der Waals surface area contributed by atoms with Crippen molar-refractivity contribution in [3.63, 3.8) is 0 Å². The fraction of sp³-hybridized carbons (Fsp3) is 0.133. The molecule has 0 atom stereocenters. The van der Waals surface area contributed by atoms with Crippen molar-refractivity contribution in [3.05, 3.63) is 63.6 Å². The molecule has 0 heterocycles. The molecule has 0 aromatic heterocycles. The number of carbonyl (C=O) groups is 1. The molecule has 0 aliphatic heterocycles. The monoisotopic (exact) mass is 319 g/mol. The van der Waals surface area contributed by atoms with E-state index >= 15 is 0 Å². The highest BCUT2D eigenvalue weighted by molar-refractivity contribution is 9.10. The summed E-state index contributed by atoms with van der Waals surface area (Å²) in [6, 6.07) is 12.8. The number of hydrogen-bond donors (Lipinski definition) is 1. The smallest absolute Gasteiger partial charge is 0.338 e. The standard InChI is InChI=1S/C15H14BrNO2/c1-10-6-7-12(17)8-13(10)15(18)19-9-11-4-2-3-5-14(11)16/h2-8H,9,17H2,1H3. The van der Waals surface area contributed by atoms with E-state index in [-0.39, 0.29) is 12.6 Å². The number of esters is 1. The van der Waals surface area contributed by atoms with Crippen molar-refractivity contribution >= 4 is 27.6 Å². The Morgan fingerprint density at radius 2 is 2.00 bits per heavy atom. The Kier molecular flexibility index (Phi) is 4.22. The second kappa shape index (κ2) is 5.89. The maximum atomic E-state index is 12.0. The lowest BCUT2D eigenvalue weighted by molar-refractivity contribution is 0.0471. The topological polar surface area (TPSA) is 52.3 Å². The van der Waals surface area contributed by atoms with Crippen molar-refractivity contribution in [1.29, 1.82) is 0 Å². The normalized spacial score (nSPS) is 10.2. The molecule has 98 valence electrons. The minimum absolute atomic E-state index is 0.231. The molecule has 3 nitrogen and oxygen atoms in total. The van der Waals surface area contributed by atoms with E-state index in [4.69, 9.17) is 10.5 Å². The Labute approximate surface area is 120 Å². The lowest BCUT2D eigenvalue weighted by atomic mass is 10.1. The zero-order chi connectivity index (χ0) is 13.8. The molecule has 0 amide bonds. The second-order valence-electron chi connectivity index (χ2n) is 4.24. The molecule has 0 fully saturated rings. The van der Waals surface area contributed by atoms with Crippen LogP contribution in [0, 0.1) is 6.92 Å². The summed E-state index contributed by atoms with van der Waals surface area (Å²) >= 11 is 3.42. The predicted octanol–water partition coefficient (Wildman–Crippen LogP) is 3.70. The van der Waals surface area contributed by atoms with Gasteiger partial charge in [0.15, 0.2) is 0 Å². The predicted molar refractivity (Wildman–Crippen MR) is 78.9 cm³/mol. The highest BCUT2D eigenvalue weighted by Crippen LogP contribution is 2.19. The molecular weight excluding hydrogens is 306 g/mol. The van der Waals surface area contributed by atoms with Gasteiger partial charge in [0.1, 0.15) is 6.61 Å². The number of nitrogen functional groups attached to an aromatic ring is 1. The van der Waals surface area contributed by atoms with Crippen LogP contribution in [0.5, 0.6) is 0 Å². The number of anilines is 1. The second-order valence-corrected chi connectivity index (χ2v) is 5.10. The van der Waals surface area contributed by atoms with Crippen molar-refractivity contribution < 1.29 is 9.53 Å². The van der Waals surface area contributed by atoms with Gasteiger partial charge in [0.2, 0.25) is 0 Å². The molecule has 0 spiro atoms. The molecule has 0 aliphatic rings. The van der Waals surface area contributed by atoms with Gasteiger partial charge in [-0.05, 0) is 30.7 Å². The van der Waals surface area contributed by atoms with E-state index in [1.54, 1.807) is 12.1 Å². The van der Waals surface area contributed by atoms with Crippen LogP contribution in [0.3, 0.4) is 0 Å². The van der Waals surface area contributed by atoms with Crippen LogP contribution in [0.1, 0.15) is 21.5 Å². The maximum Gasteiger partial charge on any atom is 0.338 e. The first-order valence-electron chi connectivity index (χ1n) is 5.84. The molecule has 0 aliphatic carbocycles. The first-order chi connectivity index (χ1) is 9.08. The van der Waals surface area contributed by atoms with Crippen LogP contribution < -0.4 is 5.73 Å². The fourth-order valence-corrected chi connectivity index (χ4v) is 2.10. The number of carbonyl (C=O) groups excluding carboxylic acids is 1. The van der Waals surface area contributed by atoms with Gasteiger partial charge in [0, 0.05) is 15.7 Å². The van der Waals surface area contributed by atoms with Crippen LogP contribution >= 0.6 is 15.9 Å². The van der Waals surface area contributed by atoms with Gasteiger partial charge < -0.3 is 10.5 Å². The molecule has 2 rings (SSSR count). The van der Waals surface area contributed by atoms with Gasteiger partial charge in [0.05, 0.1) is 5.56 Å². The number of aryl methyl sites for hydroxylation is 1. The van der Waals surface area contributed by atoms with Crippen molar-refractivity contribution in [2.75, 3.05) is 5.73 Å². The average molecular weight is 320 g/mol. The number of benzene rings is 2. The number of hydrogen-bond acceptors (Lipinski definition) is 3. The lowest BCUT2D eigenvalue weighted by Crippen LogP contribution is -2.08. The molecular formula is C15H14BrNO2. The number of nitrogens with two attached hydrogens (primary N) is 1. The summed E-state index contributed by atoms with van der Waals surface area (Å²) in [6.07, 6.45) is 0. The summed E-state index contributed by atoms with van der Waals surface area (Å²) in [4.78, 5) is 12.0. The fourth-order valence-electron chi connectivity index (χ4n) is 1.70. The van der Waals surface area contributed by atoms with Crippen LogP contribution in [-0.2, 0) is 11.3 Å². The first kappa shape index (κ1) is 13.6. The average Bonchev–Trinajstić information content (AvgIpc) is 2.40. The Morgan fingerprint density at radius 1 is 1.26 bits per heavy atom. The van der Waals surface area contributed by atoms with Gasteiger partial charge in [-0.1, -0.05) is 40.2 Å². The molecule has 0 saturated carbocycles. The van der Waals surface area contributed by atoms with Gasteiger partial charge in [0.25, 0.3) is 0 Å². The molecule has 0 bridgehead atoms. The molecule has 0 radical (unpaired) electrons. The van der Waals surface area contributed by atoms with Gasteiger partial charge in [-0.2, -0.15) is 0 Å². The molecule has 2 N–H and O–H groups in total. The van der Waals surface area contributed by atoms with E-state index in [0.29, 0.717) is 11.3 Å². The van der Waals surface area contributed by atoms with Crippen molar-refractivity contribution in [2.24, 2.45) is 0 Å². The molecule has 4 heteroatoms. The van der Waals surface area contributed by atoms with Crippen molar-refractivity contribution in [1.82, 2.24) is 0 Å². The highest BCUT2D eigenvalue weighted by atomic mass is 79.9. The van der Waals surface area contributed by atoms with Gasteiger partial charge >= 0.3 is 5.97 Å². The largest absolute Gasteiger partial charge is 0.457 e. The van der Waals surface area contributed by atoms with Gasteiger partial charge in [-0.25, -0.2) is 4.79 Å². The zero-order valence-corrected chi connectivity index (χ0v) is 12.1. The zero-order valence-electron chi connectivity index (χ0n) is 10.5. The summed E-state index contributed by atoms with van der Waals surface area (Å²) in [7, 11) is 0. The Morgan fingerprint density at radius 3 is 2.74 bits per heavy atom. The summed E-state index contributed by atoms with van der Waals surface area (Å²) < 4.78 is 6.23. The molecule has 0 saturated heterocycles. The van der Waals surface area contributed by atoms with Crippen LogP contribution in [0.2, 0.25) is 0 Å². The summed E-state index contributed by atoms with van der Waals surface area (Å²) in [6.45, 7) is 2.09. The minimum atomic E-state index is -0.361. The van der Waals surface area contributed by atoms with Crippen LogP contribution in [0.25, 0.3) is 0 Å². The van der Waals surface area contributed by atoms with E-state index in [1.807, 2.05) is 37.3 Å². The van der Waals surface area contributed by atoms with Crippen molar-refractivity contribution in [3.8, 4) is 0 Å². The third-order valence-electron chi connectivity index (χ3n) is 2.80. The highest BCUT2D eigenvalue weighted by Gasteiger charge is 2.11.